The molecule has 0 atom stereocenters. The van der Waals surface area contributed by atoms with Gasteiger partial charge in [0.05, 0.1) is 6.54 Å². The van der Waals surface area contributed by atoms with Crippen LogP contribution in [0.5, 0.6) is 0 Å². The lowest BCUT2D eigenvalue weighted by molar-refractivity contribution is -0.151. The van der Waals surface area contributed by atoms with Gasteiger partial charge in [-0.25, -0.2) is 5.01 Å². The Morgan fingerprint density at radius 3 is 2.58 bits per heavy atom. The van der Waals surface area contributed by atoms with Crippen LogP contribution < -0.4 is 10.6 Å². The molecule has 1 aromatic heterocycles. The second-order valence-electron chi connectivity index (χ2n) is 9.70. The minimum absolute atomic E-state index is 0.00936. The number of likely N-dealkylation sites (N-methyl/N-ethyl adjacent to an activating group) is 2. The number of benzene rings is 2. The molecule has 10 heteroatoms. The van der Waals surface area contributed by atoms with Crippen molar-refractivity contribution in [3.8, 4) is 11.4 Å². The zero-order chi connectivity index (χ0) is 27.2. The van der Waals surface area contributed by atoms with E-state index in [9.17, 15) is 9.59 Å². The molecule has 2 amide bonds. The smallest absolute Gasteiger partial charge is 0.256 e. The maximum atomic E-state index is 13.3. The summed E-state index contributed by atoms with van der Waals surface area (Å²) in [5.74, 6) is 0.719. The lowest BCUT2D eigenvalue weighted by Gasteiger charge is -2.31. The van der Waals surface area contributed by atoms with Crippen LogP contribution in [0, 0.1) is 20.8 Å². The summed E-state index contributed by atoms with van der Waals surface area (Å²) in [5.41, 5.74) is 6.26. The molecule has 10 nitrogen and oxygen atoms in total. The molecule has 2 heterocycles. The molecule has 0 unspecified atom stereocenters. The Labute approximate surface area is 224 Å². The first-order valence-electron chi connectivity index (χ1n) is 13.0. The number of anilines is 1. The molecule has 0 saturated carbocycles. The first-order chi connectivity index (χ1) is 18.2. The average Bonchev–Trinajstić information content (AvgIpc) is 3.52. The van der Waals surface area contributed by atoms with Gasteiger partial charge in [0.1, 0.15) is 6.54 Å². The topological polar surface area (TPSA) is 107 Å². The van der Waals surface area contributed by atoms with E-state index >= 15 is 0 Å². The van der Waals surface area contributed by atoms with Crippen molar-refractivity contribution in [1.82, 2.24) is 30.4 Å². The second kappa shape index (κ2) is 12.2. The van der Waals surface area contributed by atoms with Crippen molar-refractivity contribution in [1.29, 1.82) is 0 Å². The molecule has 2 N–H and O–H groups in total. The lowest BCUT2D eigenvalue weighted by Crippen LogP contribution is -2.49. The van der Waals surface area contributed by atoms with Crippen LogP contribution in [0.15, 0.2) is 40.9 Å². The van der Waals surface area contributed by atoms with Gasteiger partial charge in [-0.15, -0.1) is 0 Å². The molecule has 0 radical (unpaired) electrons. The molecular weight excluding hydrogens is 482 g/mol. The van der Waals surface area contributed by atoms with Crippen molar-refractivity contribution < 1.29 is 14.1 Å². The number of amides is 2. The van der Waals surface area contributed by atoms with Crippen molar-refractivity contribution in [3.63, 3.8) is 0 Å². The van der Waals surface area contributed by atoms with E-state index in [0.717, 1.165) is 23.4 Å². The molecule has 1 aliphatic rings. The summed E-state index contributed by atoms with van der Waals surface area (Å²) in [5, 5.41) is 14.1. The van der Waals surface area contributed by atoms with Gasteiger partial charge in [0, 0.05) is 51.4 Å². The van der Waals surface area contributed by atoms with E-state index in [2.05, 4.69) is 45.9 Å². The number of rotatable bonds is 11. The summed E-state index contributed by atoms with van der Waals surface area (Å²) in [7, 11) is 1.78. The van der Waals surface area contributed by atoms with Crippen molar-refractivity contribution in [2.75, 3.05) is 45.1 Å². The molecule has 4 rings (SSSR count). The van der Waals surface area contributed by atoms with Crippen LogP contribution in [0.4, 0.5) is 5.69 Å². The van der Waals surface area contributed by atoms with Gasteiger partial charge in [0.2, 0.25) is 17.6 Å². The number of aromatic nitrogens is 2. The molecule has 0 spiro atoms. The summed E-state index contributed by atoms with van der Waals surface area (Å²) >= 11 is 0. The molecule has 2 aromatic carbocycles. The van der Waals surface area contributed by atoms with Crippen molar-refractivity contribution in [2.45, 2.75) is 40.8 Å². The van der Waals surface area contributed by atoms with E-state index in [0.29, 0.717) is 37.9 Å². The molecule has 0 fully saturated rings. The van der Waals surface area contributed by atoms with E-state index in [1.807, 2.05) is 37.1 Å². The number of hydrogen-bond donors (Lipinski definition) is 2. The fraction of sp³-hybridized carbons (Fsp3) is 0.429. The number of nitrogens with one attached hydrogen (secondary N) is 2. The summed E-state index contributed by atoms with van der Waals surface area (Å²) in [6, 6.07) is 12.2. The Morgan fingerprint density at radius 2 is 1.84 bits per heavy atom. The van der Waals surface area contributed by atoms with Gasteiger partial charge < -0.3 is 20.1 Å². The Balaban J connectivity index is 1.39. The highest BCUT2D eigenvalue weighted by Gasteiger charge is 2.27. The van der Waals surface area contributed by atoms with Crippen LogP contribution in [0.3, 0.4) is 0 Å². The highest BCUT2D eigenvalue weighted by molar-refractivity contribution is 5.87. The Morgan fingerprint density at radius 1 is 1.05 bits per heavy atom. The third-order valence-electron chi connectivity index (χ3n) is 6.79. The zero-order valence-corrected chi connectivity index (χ0v) is 22.9. The Hall–Kier alpha value is -3.76. The molecule has 202 valence electrons. The van der Waals surface area contributed by atoms with E-state index in [4.69, 9.17) is 4.52 Å². The fourth-order valence-corrected chi connectivity index (χ4v) is 4.47. The molecule has 0 bridgehead atoms. The molecule has 0 aliphatic carbocycles. The monoisotopic (exact) mass is 519 g/mol. The SMILES string of the molecule is CCNCCN(CC(=O)N(C)N1Cc2ccc(C)cc2C1)C(=O)CNc1cc(-c2noc(C)n2)ccc1C. The molecular formula is C28H37N7O3. The van der Waals surface area contributed by atoms with Crippen molar-refractivity contribution in [2.24, 2.45) is 0 Å². The largest absolute Gasteiger partial charge is 0.376 e. The third kappa shape index (κ3) is 6.56. The van der Waals surface area contributed by atoms with Gasteiger partial charge in [-0.2, -0.15) is 4.98 Å². The van der Waals surface area contributed by atoms with E-state index in [1.165, 1.54) is 16.7 Å². The van der Waals surface area contributed by atoms with Gasteiger partial charge in [-0.3, -0.25) is 14.6 Å². The van der Waals surface area contributed by atoms with Crippen LogP contribution in [-0.4, -0.2) is 76.6 Å². The highest BCUT2D eigenvalue weighted by atomic mass is 16.5. The maximum Gasteiger partial charge on any atom is 0.256 e. The van der Waals surface area contributed by atoms with Gasteiger partial charge in [0.15, 0.2) is 0 Å². The Kier molecular flexibility index (Phi) is 8.75. The summed E-state index contributed by atoms with van der Waals surface area (Å²) in [4.78, 5) is 32.4. The summed E-state index contributed by atoms with van der Waals surface area (Å²) < 4.78 is 5.09. The lowest BCUT2D eigenvalue weighted by atomic mass is 10.1. The first kappa shape index (κ1) is 27.3. The molecule has 3 aromatic rings. The van der Waals surface area contributed by atoms with Crippen LogP contribution in [0.25, 0.3) is 11.4 Å². The van der Waals surface area contributed by atoms with Crippen LogP contribution in [-0.2, 0) is 22.7 Å². The van der Waals surface area contributed by atoms with E-state index in [-0.39, 0.29) is 24.9 Å². The number of carbonyl (C=O) groups excluding carboxylic acids is 2. The first-order valence-corrected chi connectivity index (χ1v) is 13.0. The number of aryl methyl sites for hydroxylation is 3. The third-order valence-corrected chi connectivity index (χ3v) is 6.79. The minimum Gasteiger partial charge on any atom is -0.376 e. The normalized spacial score (nSPS) is 12.9. The average molecular weight is 520 g/mol. The van der Waals surface area contributed by atoms with Gasteiger partial charge in [-0.1, -0.05) is 48.0 Å². The van der Waals surface area contributed by atoms with Crippen LogP contribution >= 0.6 is 0 Å². The quantitative estimate of drug-likeness (QED) is 0.373. The van der Waals surface area contributed by atoms with E-state index < -0.39 is 0 Å². The molecule has 0 saturated heterocycles. The van der Waals surface area contributed by atoms with Gasteiger partial charge >= 0.3 is 0 Å². The standard InChI is InChI=1S/C28H37N7O3/c1-6-29-11-12-34(18-27(37)33(5)35-16-23-9-7-19(2)13-24(23)17-35)26(36)15-30-25-14-22(10-8-20(25)3)28-31-21(4)38-32-28/h7-10,13-14,29-30H,6,11-12,15-18H2,1-5H3. The van der Waals surface area contributed by atoms with Gasteiger partial charge in [-0.05, 0) is 43.1 Å². The van der Waals surface area contributed by atoms with Gasteiger partial charge in [0.25, 0.3) is 5.91 Å². The predicted molar refractivity (Wildman–Crippen MR) is 146 cm³/mol. The second-order valence-corrected chi connectivity index (χ2v) is 9.70. The van der Waals surface area contributed by atoms with Crippen molar-refractivity contribution >= 4 is 17.5 Å². The molecule has 1 aliphatic heterocycles. The Bertz CT molecular complexity index is 1290. The summed E-state index contributed by atoms with van der Waals surface area (Å²) in [6.07, 6.45) is 0. The van der Waals surface area contributed by atoms with Crippen LogP contribution in [0.1, 0.15) is 35.1 Å². The minimum atomic E-state index is -0.148. The predicted octanol–water partition coefficient (Wildman–Crippen LogP) is 2.90. The fourth-order valence-electron chi connectivity index (χ4n) is 4.47. The number of hydrogen-bond acceptors (Lipinski definition) is 8. The highest BCUT2D eigenvalue weighted by Crippen LogP contribution is 2.25. The number of fused-ring (bicyclic) bond motifs is 1. The van der Waals surface area contributed by atoms with Crippen LogP contribution in [0.2, 0.25) is 0 Å². The summed E-state index contributed by atoms with van der Waals surface area (Å²) in [6.45, 7) is 11.1. The van der Waals surface area contributed by atoms with Crippen molar-refractivity contribution in [3.05, 3.63) is 64.5 Å². The van der Waals surface area contributed by atoms with E-state index in [1.54, 1.807) is 23.9 Å². The number of nitrogens with zero attached hydrogens (tertiary/aromatic N) is 5. The number of carbonyl (C=O) groups is 2. The molecule has 38 heavy (non-hydrogen) atoms. The maximum absolute atomic E-state index is 13.3. The number of hydrazine groups is 1. The zero-order valence-electron chi connectivity index (χ0n) is 22.9.